The number of carbonyl (C=O) groups is 3. The smallest absolute Gasteiger partial charge is 0.343 e. The number of ether oxygens (including phenoxy) is 1. The van der Waals surface area contributed by atoms with E-state index in [-0.39, 0.29) is 10.7 Å². The van der Waals surface area contributed by atoms with E-state index in [4.69, 9.17) is 27.9 Å². The molecule has 1 aliphatic rings. The van der Waals surface area contributed by atoms with Crippen LogP contribution < -0.4 is 15.0 Å². The van der Waals surface area contributed by atoms with Crippen molar-refractivity contribution in [3.05, 3.63) is 99.7 Å². The third-order valence-electron chi connectivity index (χ3n) is 4.78. The Labute approximate surface area is 194 Å². The molecule has 4 rings (SSSR count). The van der Waals surface area contributed by atoms with Crippen molar-refractivity contribution in [2.24, 2.45) is 0 Å². The van der Waals surface area contributed by atoms with Gasteiger partial charge in [0.25, 0.3) is 11.8 Å². The Morgan fingerprint density at radius 1 is 0.906 bits per heavy atom. The summed E-state index contributed by atoms with van der Waals surface area (Å²) in [7, 11) is 0. The van der Waals surface area contributed by atoms with Gasteiger partial charge >= 0.3 is 5.97 Å². The first-order valence-corrected chi connectivity index (χ1v) is 10.3. The van der Waals surface area contributed by atoms with Crippen LogP contribution in [0.15, 0.2) is 83.5 Å². The molecule has 1 aliphatic heterocycles. The Hall–Kier alpha value is -3.61. The molecule has 1 N–H and O–H groups in total. The van der Waals surface area contributed by atoms with Crippen molar-refractivity contribution in [3.8, 4) is 5.75 Å². The maximum Gasteiger partial charge on any atom is 0.343 e. The van der Waals surface area contributed by atoms with Gasteiger partial charge in [-0.1, -0.05) is 47.5 Å². The Bertz CT molecular complexity index is 1270. The molecule has 0 aliphatic carbocycles. The lowest BCUT2D eigenvalue weighted by atomic mass is 10.2. The lowest BCUT2D eigenvalue weighted by molar-refractivity contribution is -0.120. The fourth-order valence-electron chi connectivity index (χ4n) is 3.12. The number of carbonyl (C=O) groups excluding carboxylic acids is 3. The Morgan fingerprint density at radius 3 is 2.31 bits per heavy atom. The van der Waals surface area contributed by atoms with Gasteiger partial charge in [0.05, 0.1) is 11.3 Å². The highest BCUT2D eigenvalue weighted by atomic mass is 35.5. The minimum atomic E-state index is -0.653. The molecule has 6 nitrogen and oxygen atoms in total. The van der Waals surface area contributed by atoms with Gasteiger partial charge in [-0.15, -0.1) is 0 Å². The number of nitrogens with zero attached hydrogens (tertiary/aromatic N) is 1. The van der Waals surface area contributed by atoms with Crippen molar-refractivity contribution in [1.82, 2.24) is 0 Å². The van der Waals surface area contributed by atoms with Crippen molar-refractivity contribution in [1.29, 1.82) is 0 Å². The van der Waals surface area contributed by atoms with Crippen LogP contribution in [0.5, 0.6) is 5.75 Å². The normalized spacial score (nSPS) is 13.5. The lowest BCUT2D eigenvalue weighted by Gasteiger charge is -2.15. The highest BCUT2D eigenvalue weighted by molar-refractivity contribution is 6.53. The molecular weight excluding hydrogens is 451 g/mol. The van der Waals surface area contributed by atoms with Gasteiger partial charge in [-0.2, -0.15) is 0 Å². The molecule has 3 aromatic rings. The Kier molecular flexibility index (Phi) is 5.99. The number of hydrogen-bond acceptors (Lipinski definition) is 5. The van der Waals surface area contributed by atoms with Gasteiger partial charge in [-0.3, -0.25) is 9.59 Å². The van der Waals surface area contributed by atoms with Gasteiger partial charge in [-0.25, -0.2) is 9.69 Å². The third-order valence-corrected chi connectivity index (χ3v) is 5.37. The van der Waals surface area contributed by atoms with Crippen molar-refractivity contribution in [2.75, 3.05) is 10.2 Å². The monoisotopic (exact) mass is 466 g/mol. The molecule has 2 amide bonds. The summed E-state index contributed by atoms with van der Waals surface area (Å²) in [5.41, 5.74) is 1.89. The average Bonchev–Trinajstić information content (AvgIpc) is 2.99. The van der Waals surface area contributed by atoms with Gasteiger partial charge in [-0.05, 0) is 61.0 Å². The lowest BCUT2D eigenvalue weighted by Crippen LogP contribution is -2.32. The SMILES string of the molecule is Cc1ccccc1OC(=O)c1ccc(NC2=C(Cl)C(=O)N(c3cccc(Cl)c3)C2=O)cc1. The summed E-state index contributed by atoms with van der Waals surface area (Å²) in [6, 6.07) is 19.8. The summed E-state index contributed by atoms with van der Waals surface area (Å²) in [5, 5.41) is 3.01. The van der Waals surface area contributed by atoms with Gasteiger partial charge in [0.2, 0.25) is 0 Å². The fraction of sp³-hybridized carbons (Fsp3) is 0.0417. The fourth-order valence-corrected chi connectivity index (χ4v) is 3.52. The maximum atomic E-state index is 12.8. The molecule has 0 atom stereocenters. The Balaban J connectivity index is 1.49. The molecule has 8 heteroatoms. The molecule has 1 heterocycles. The number of anilines is 2. The molecule has 0 bridgehead atoms. The number of benzene rings is 3. The minimum absolute atomic E-state index is 0.0631. The van der Waals surface area contributed by atoms with E-state index in [2.05, 4.69) is 5.32 Å². The van der Waals surface area contributed by atoms with E-state index in [1.807, 2.05) is 19.1 Å². The van der Waals surface area contributed by atoms with E-state index >= 15 is 0 Å². The molecule has 0 aromatic heterocycles. The molecule has 0 unspecified atom stereocenters. The molecule has 32 heavy (non-hydrogen) atoms. The molecule has 0 spiro atoms. The van der Waals surface area contributed by atoms with E-state index < -0.39 is 17.8 Å². The summed E-state index contributed by atoms with van der Waals surface area (Å²) in [6.45, 7) is 1.85. The standard InChI is InChI=1S/C24H16Cl2N2O4/c1-14-5-2-3-8-19(14)32-24(31)15-9-11-17(12-10-15)27-21-20(26)22(29)28(23(21)30)18-7-4-6-16(25)13-18/h2-13,27H,1H3. The number of imide groups is 1. The number of para-hydroxylation sites is 1. The minimum Gasteiger partial charge on any atom is -0.423 e. The zero-order chi connectivity index (χ0) is 22.8. The second-order valence-corrected chi connectivity index (χ2v) is 7.79. The molecule has 0 radical (unpaired) electrons. The van der Waals surface area contributed by atoms with Gasteiger partial charge < -0.3 is 10.1 Å². The third kappa shape index (κ3) is 4.23. The molecule has 0 saturated carbocycles. The van der Waals surface area contributed by atoms with E-state index in [9.17, 15) is 14.4 Å². The predicted octanol–water partition coefficient (Wildman–Crippen LogP) is 5.30. The average molecular weight is 467 g/mol. The quantitative estimate of drug-likeness (QED) is 0.313. The number of halogens is 2. The van der Waals surface area contributed by atoms with Crippen molar-refractivity contribution < 1.29 is 19.1 Å². The molecule has 0 fully saturated rings. The van der Waals surface area contributed by atoms with Crippen molar-refractivity contribution in [2.45, 2.75) is 6.92 Å². The van der Waals surface area contributed by atoms with E-state index in [1.54, 1.807) is 54.6 Å². The predicted molar refractivity (Wildman–Crippen MR) is 123 cm³/mol. The number of aryl methyl sites for hydroxylation is 1. The molecule has 0 saturated heterocycles. The van der Waals surface area contributed by atoms with Crippen LogP contribution in [0.3, 0.4) is 0 Å². The second kappa shape index (κ2) is 8.86. The number of rotatable bonds is 5. The van der Waals surface area contributed by atoms with Crippen LogP contribution in [0.4, 0.5) is 11.4 Å². The zero-order valence-electron chi connectivity index (χ0n) is 16.8. The van der Waals surface area contributed by atoms with Crippen LogP contribution in [0, 0.1) is 6.92 Å². The van der Waals surface area contributed by atoms with Crippen LogP contribution in [-0.4, -0.2) is 17.8 Å². The summed E-state index contributed by atoms with van der Waals surface area (Å²) < 4.78 is 5.42. The van der Waals surface area contributed by atoms with Gasteiger partial charge in [0.1, 0.15) is 16.5 Å². The Morgan fingerprint density at radius 2 is 1.62 bits per heavy atom. The van der Waals surface area contributed by atoms with Gasteiger partial charge in [0, 0.05) is 10.7 Å². The maximum absolute atomic E-state index is 12.8. The van der Waals surface area contributed by atoms with E-state index in [0.717, 1.165) is 10.5 Å². The number of hydrogen-bond donors (Lipinski definition) is 1. The van der Waals surface area contributed by atoms with Crippen LogP contribution in [0.25, 0.3) is 0 Å². The van der Waals surface area contributed by atoms with Crippen LogP contribution in [0.2, 0.25) is 5.02 Å². The highest BCUT2D eigenvalue weighted by Crippen LogP contribution is 2.31. The van der Waals surface area contributed by atoms with Crippen LogP contribution >= 0.6 is 23.2 Å². The largest absolute Gasteiger partial charge is 0.423 e. The van der Waals surface area contributed by atoms with Crippen molar-refractivity contribution >= 4 is 52.4 Å². The first kappa shape index (κ1) is 21.6. The van der Waals surface area contributed by atoms with E-state index in [0.29, 0.717) is 27.7 Å². The first-order chi connectivity index (χ1) is 15.3. The molecule has 3 aromatic carbocycles. The second-order valence-electron chi connectivity index (χ2n) is 6.97. The topological polar surface area (TPSA) is 75.7 Å². The van der Waals surface area contributed by atoms with Crippen LogP contribution in [0.1, 0.15) is 15.9 Å². The summed E-state index contributed by atoms with van der Waals surface area (Å²) >= 11 is 12.1. The molecular formula is C24H16Cl2N2O4. The summed E-state index contributed by atoms with van der Waals surface area (Å²) in [6.07, 6.45) is 0. The van der Waals surface area contributed by atoms with E-state index in [1.165, 1.54) is 6.07 Å². The van der Waals surface area contributed by atoms with Crippen molar-refractivity contribution in [3.63, 3.8) is 0 Å². The first-order valence-electron chi connectivity index (χ1n) is 9.54. The summed E-state index contributed by atoms with van der Waals surface area (Å²) in [5.74, 6) is -1.29. The van der Waals surface area contributed by atoms with Gasteiger partial charge in [0.15, 0.2) is 0 Å². The number of nitrogens with one attached hydrogen (secondary N) is 1. The summed E-state index contributed by atoms with van der Waals surface area (Å²) in [4.78, 5) is 38.7. The highest BCUT2D eigenvalue weighted by Gasteiger charge is 2.39. The number of esters is 1. The molecule has 160 valence electrons. The van der Waals surface area contributed by atoms with Crippen LogP contribution in [-0.2, 0) is 9.59 Å². The number of amides is 2. The zero-order valence-corrected chi connectivity index (χ0v) is 18.3.